The van der Waals surface area contributed by atoms with Gasteiger partial charge in [-0.25, -0.2) is 0 Å². The molecular weight excluding hydrogens is 288 g/mol. The summed E-state index contributed by atoms with van der Waals surface area (Å²) in [6.45, 7) is 3.28. The first-order chi connectivity index (χ1) is 9.97. The SMILES string of the molecule is CC(=O)Nc1ccccc1C(=O)Nc1cc(Cl)ccc1C. The molecule has 0 fully saturated rings. The zero-order chi connectivity index (χ0) is 15.4. The van der Waals surface area contributed by atoms with Crippen LogP contribution >= 0.6 is 11.6 Å². The van der Waals surface area contributed by atoms with E-state index in [0.717, 1.165) is 5.56 Å². The van der Waals surface area contributed by atoms with Crippen LogP contribution in [0.25, 0.3) is 0 Å². The second-order valence-corrected chi connectivity index (χ2v) is 5.08. The van der Waals surface area contributed by atoms with Gasteiger partial charge in [0.1, 0.15) is 0 Å². The van der Waals surface area contributed by atoms with Gasteiger partial charge in [0.25, 0.3) is 5.91 Å². The van der Waals surface area contributed by atoms with E-state index in [-0.39, 0.29) is 11.8 Å². The highest BCUT2D eigenvalue weighted by molar-refractivity contribution is 6.31. The summed E-state index contributed by atoms with van der Waals surface area (Å²) in [5.41, 5.74) is 2.42. The molecule has 21 heavy (non-hydrogen) atoms. The van der Waals surface area contributed by atoms with E-state index in [1.807, 2.05) is 13.0 Å². The van der Waals surface area contributed by atoms with Gasteiger partial charge in [-0.05, 0) is 36.8 Å². The fourth-order valence-corrected chi connectivity index (χ4v) is 2.07. The van der Waals surface area contributed by atoms with Crippen molar-refractivity contribution in [1.82, 2.24) is 0 Å². The highest BCUT2D eigenvalue weighted by atomic mass is 35.5. The van der Waals surface area contributed by atoms with Gasteiger partial charge in [0.05, 0.1) is 11.3 Å². The quantitative estimate of drug-likeness (QED) is 0.904. The Morgan fingerprint density at radius 1 is 1.00 bits per heavy atom. The second-order valence-electron chi connectivity index (χ2n) is 4.64. The molecule has 4 nitrogen and oxygen atoms in total. The molecule has 0 spiro atoms. The lowest BCUT2D eigenvalue weighted by molar-refractivity contribution is -0.114. The summed E-state index contributed by atoms with van der Waals surface area (Å²) >= 11 is 5.94. The highest BCUT2D eigenvalue weighted by Gasteiger charge is 2.13. The van der Waals surface area contributed by atoms with Crippen LogP contribution in [0.4, 0.5) is 11.4 Å². The summed E-state index contributed by atoms with van der Waals surface area (Å²) in [5.74, 6) is -0.529. The summed E-state index contributed by atoms with van der Waals surface area (Å²) < 4.78 is 0. The number of amides is 2. The molecule has 0 saturated heterocycles. The predicted molar refractivity (Wildman–Crippen MR) is 84.9 cm³/mol. The molecule has 0 atom stereocenters. The van der Waals surface area contributed by atoms with Gasteiger partial charge in [-0.2, -0.15) is 0 Å². The minimum absolute atomic E-state index is 0.228. The molecule has 2 rings (SSSR count). The van der Waals surface area contributed by atoms with Crippen LogP contribution in [0.15, 0.2) is 42.5 Å². The summed E-state index contributed by atoms with van der Waals surface area (Å²) in [5, 5.41) is 5.99. The fraction of sp³-hybridized carbons (Fsp3) is 0.125. The van der Waals surface area contributed by atoms with E-state index in [1.165, 1.54) is 6.92 Å². The molecule has 0 aromatic heterocycles. The third-order valence-corrected chi connectivity index (χ3v) is 3.17. The number of nitrogens with one attached hydrogen (secondary N) is 2. The maximum Gasteiger partial charge on any atom is 0.257 e. The Bertz CT molecular complexity index is 698. The molecular formula is C16H15ClN2O2. The number of carbonyl (C=O) groups excluding carboxylic acids is 2. The van der Waals surface area contributed by atoms with Gasteiger partial charge >= 0.3 is 0 Å². The molecule has 2 N–H and O–H groups in total. The number of aryl methyl sites for hydroxylation is 1. The number of anilines is 2. The molecule has 0 bridgehead atoms. The molecule has 0 aliphatic rings. The maximum absolute atomic E-state index is 12.4. The monoisotopic (exact) mass is 302 g/mol. The van der Waals surface area contributed by atoms with Crippen LogP contribution < -0.4 is 10.6 Å². The number of benzene rings is 2. The molecule has 108 valence electrons. The average molecular weight is 303 g/mol. The molecule has 0 heterocycles. The smallest absolute Gasteiger partial charge is 0.257 e. The zero-order valence-corrected chi connectivity index (χ0v) is 12.5. The van der Waals surface area contributed by atoms with Crippen LogP contribution in [0.5, 0.6) is 0 Å². The number of carbonyl (C=O) groups is 2. The van der Waals surface area contributed by atoms with Crippen molar-refractivity contribution in [2.75, 3.05) is 10.6 Å². The number of rotatable bonds is 3. The van der Waals surface area contributed by atoms with Crippen molar-refractivity contribution in [2.45, 2.75) is 13.8 Å². The van der Waals surface area contributed by atoms with Crippen LogP contribution in [-0.2, 0) is 4.79 Å². The Morgan fingerprint density at radius 3 is 2.43 bits per heavy atom. The van der Waals surface area contributed by atoms with Crippen LogP contribution in [0.1, 0.15) is 22.8 Å². The van der Waals surface area contributed by atoms with Crippen LogP contribution in [0, 0.1) is 6.92 Å². The van der Waals surface area contributed by atoms with Gasteiger partial charge in [0.15, 0.2) is 0 Å². The summed E-state index contributed by atoms with van der Waals surface area (Å²) in [6.07, 6.45) is 0. The zero-order valence-electron chi connectivity index (χ0n) is 11.7. The lowest BCUT2D eigenvalue weighted by Crippen LogP contribution is -2.17. The van der Waals surface area contributed by atoms with E-state index in [2.05, 4.69) is 10.6 Å². The van der Waals surface area contributed by atoms with E-state index in [9.17, 15) is 9.59 Å². The van der Waals surface area contributed by atoms with Crippen molar-refractivity contribution in [3.63, 3.8) is 0 Å². The highest BCUT2D eigenvalue weighted by Crippen LogP contribution is 2.22. The van der Waals surface area contributed by atoms with Gasteiger partial charge in [-0.1, -0.05) is 29.8 Å². The van der Waals surface area contributed by atoms with Crippen LogP contribution in [0.3, 0.4) is 0 Å². The normalized spacial score (nSPS) is 10.0. The molecule has 0 radical (unpaired) electrons. The molecule has 2 aromatic rings. The first kappa shape index (κ1) is 15.1. The van der Waals surface area contributed by atoms with Crippen molar-refractivity contribution in [3.05, 3.63) is 58.6 Å². The maximum atomic E-state index is 12.4. The fourth-order valence-electron chi connectivity index (χ4n) is 1.90. The van der Waals surface area contributed by atoms with Crippen molar-refractivity contribution in [2.24, 2.45) is 0 Å². The van der Waals surface area contributed by atoms with E-state index in [0.29, 0.717) is 22.0 Å². The summed E-state index contributed by atoms with van der Waals surface area (Å²) in [7, 11) is 0. The van der Waals surface area contributed by atoms with E-state index in [4.69, 9.17) is 11.6 Å². The van der Waals surface area contributed by atoms with Gasteiger partial charge in [-0.15, -0.1) is 0 Å². The summed E-state index contributed by atoms with van der Waals surface area (Å²) in [6, 6.07) is 12.1. The largest absolute Gasteiger partial charge is 0.326 e. The Kier molecular flexibility index (Phi) is 4.60. The van der Waals surface area contributed by atoms with Gasteiger partial charge in [0.2, 0.25) is 5.91 Å². The minimum atomic E-state index is -0.301. The number of hydrogen-bond acceptors (Lipinski definition) is 2. The van der Waals surface area contributed by atoms with E-state index < -0.39 is 0 Å². The molecule has 0 saturated carbocycles. The van der Waals surface area contributed by atoms with E-state index >= 15 is 0 Å². The first-order valence-corrected chi connectivity index (χ1v) is 6.79. The van der Waals surface area contributed by atoms with E-state index in [1.54, 1.807) is 36.4 Å². The van der Waals surface area contributed by atoms with Crippen molar-refractivity contribution >= 4 is 34.8 Å². The predicted octanol–water partition coefficient (Wildman–Crippen LogP) is 3.86. The lowest BCUT2D eigenvalue weighted by atomic mass is 10.1. The molecule has 5 heteroatoms. The second kappa shape index (κ2) is 6.41. The lowest BCUT2D eigenvalue weighted by Gasteiger charge is -2.12. The third-order valence-electron chi connectivity index (χ3n) is 2.93. The molecule has 0 aliphatic heterocycles. The minimum Gasteiger partial charge on any atom is -0.326 e. The average Bonchev–Trinajstić information content (AvgIpc) is 2.42. The van der Waals surface area contributed by atoms with Gasteiger partial charge in [-0.3, -0.25) is 9.59 Å². The Labute approximate surface area is 128 Å². The Balaban J connectivity index is 2.28. The number of para-hydroxylation sites is 1. The van der Waals surface area contributed by atoms with Crippen molar-refractivity contribution in [1.29, 1.82) is 0 Å². The Morgan fingerprint density at radius 2 is 1.71 bits per heavy atom. The van der Waals surface area contributed by atoms with Crippen molar-refractivity contribution in [3.8, 4) is 0 Å². The topological polar surface area (TPSA) is 58.2 Å². The third kappa shape index (κ3) is 3.83. The number of halogens is 1. The van der Waals surface area contributed by atoms with Crippen LogP contribution in [0.2, 0.25) is 5.02 Å². The molecule has 0 unspecified atom stereocenters. The van der Waals surface area contributed by atoms with Crippen molar-refractivity contribution < 1.29 is 9.59 Å². The molecule has 2 amide bonds. The first-order valence-electron chi connectivity index (χ1n) is 6.41. The molecule has 0 aliphatic carbocycles. The van der Waals surface area contributed by atoms with Gasteiger partial charge in [0, 0.05) is 17.6 Å². The number of hydrogen-bond donors (Lipinski definition) is 2. The molecule has 2 aromatic carbocycles. The van der Waals surface area contributed by atoms with Crippen LogP contribution in [-0.4, -0.2) is 11.8 Å². The van der Waals surface area contributed by atoms with Gasteiger partial charge < -0.3 is 10.6 Å². The standard InChI is InChI=1S/C16H15ClN2O2/c1-10-7-8-12(17)9-15(10)19-16(21)13-5-3-4-6-14(13)18-11(2)20/h3-9H,1-2H3,(H,18,20)(H,19,21). The summed E-state index contributed by atoms with van der Waals surface area (Å²) in [4.78, 5) is 23.6. The Hall–Kier alpha value is -2.33.